The third-order valence-corrected chi connectivity index (χ3v) is 4.01. The highest BCUT2D eigenvalue weighted by atomic mass is 32.2. The summed E-state index contributed by atoms with van der Waals surface area (Å²) >= 11 is 2.04. The largest absolute Gasteiger partial charge is 0.394 e. The second-order valence-electron chi connectivity index (χ2n) is 4.10. The van der Waals surface area contributed by atoms with Gasteiger partial charge in [-0.2, -0.15) is 11.8 Å². The van der Waals surface area contributed by atoms with E-state index in [1.54, 1.807) is 0 Å². The summed E-state index contributed by atoms with van der Waals surface area (Å²) in [5.41, 5.74) is 0. The van der Waals surface area contributed by atoms with Gasteiger partial charge in [-0.05, 0) is 18.8 Å². The van der Waals surface area contributed by atoms with E-state index in [0.717, 1.165) is 23.5 Å². The van der Waals surface area contributed by atoms with Crippen molar-refractivity contribution in [2.24, 2.45) is 5.92 Å². The van der Waals surface area contributed by atoms with Crippen molar-refractivity contribution >= 4 is 11.8 Å². The second-order valence-corrected chi connectivity index (χ2v) is 5.51. The first kappa shape index (κ1) is 12.3. The quantitative estimate of drug-likeness (QED) is 0.694. The molecule has 1 N–H and O–H groups in total. The van der Waals surface area contributed by atoms with Gasteiger partial charge in [-0.3, -0.25) is 0 Å². The summed E-state index contributed by atoms with van der Waals surface area (Å²) in [6.07, 6.45) is 5.58. The molecule has 2 nitrogen and oxygen atoms in total. The Morgan fingerprint density at radius 1 is 1.36 bits per heavy atom. The summed E-state index contributed by atoms with van der Waals surface area (Å²) in [7, 11) is 0. The maximum atomic E-state index is 8.52. The summed E-state index contributed by atoms with van der Waals surface area (Å²) in [5.74, 6) is 2.00. The smallest absolute Gasteiger partial charge is 0.0698 e. The van der Waals surface area contributed by atoms with Gasteiger partial charge in [0.1, 0.15) is 0 Å². The molecule has 3 heteroatoms. The van der Waals surface area contributed by atoms with Crippen LogP contribution in [0.15, 0.2) is 0 Å². The zero-order valence-electron chi connectivity index (χ0n) is 9.08. The summed E-state index contributed by atoms with van der Waals surface area (Å²) in [4.78, 5) is 0. The monoisotopic (exact) mass is 218 g/mol. The molecule has 1 rings (SSSR count). The number of aliphatic hydroxyl groups is 1. The predicted octanol–water partition coefficient (Wildman–Crippen LogP) is 2.31. The summed E-state index contributed by atoms with van der Waals surface area (Å²) in [6, 6.07) is 0. The van der Waals surface area contributed by atoms with E-state index < -0.39 is 0 Å². The first-order chi connectivity index (χ1) is 6.83. The normalized spacial score (nSPS) is 27.9. The first-order valence-electron chi connectivity index (χ1n) is 5.63. The average Bonchev–Trinajstić information content (AvgIpc) is 2.18. The zero-order chi connectivity index (χ0) is 10.2. The molecular formula is C11H22O2S. The lowest BCUT2D eigenvalue weighted by Gasteiger charge is -2.26. The molecule has 0 bridgehead atoms. The van der Waals surface area contributed by atoms with E-state index in [9.17, 15) is 0 Å². The Morgan fingerprint density at radius 2 is 2.21 bits per heavy atom. The molecule has 0 radical (unpaired) electrons. The van der Waals surface area contributed by atoms with Crippen LogP contribution < -0.4 is 0 Å². The number of hydrogen-bond acceptors (Lipinski definition) is 3. The fraction of sp³-hybridized carbons (Fsp3) is 1.00. The zero-order valence-corrected chi connectivity index (χ0v) is 9.89. The molecule has 0 amide bonds. The lowest BCUT2D eigenvalue weighted by molar-refractivity contribution is 0.103. The Morgan fingerprint density at radius 3 is 2.93 bits per heavy atom. The number of hydrogen-bond donors (Lipinski definition) is 1. The van der Waals surface area contributed by atoms with Gasteiger partial charge < -0.3 is 9.84 Å². The topological polar surface area (TPSA) is 29.5 Å². The minimum absolute atomic E-state index is 0.144. The van der Waals surface area contributed by atoms with Crippen LogP contribution in [-0.2, 0) is 4.74 Å². The number of ether oxygens (including phenoxy) is 1. The number of rotatable bonds is 6. The molecule has 84 valence electrons. The third kappa shape index (κ3) is 5.23. The lowest BCUT2D eigenvalue weighted by atomic mass is 9.91. The van der Waals surface area contributed by atoms with E-state index in [-0.39, 0.29) is 6.61 Å². The van der Waals surface area contributed by atoms with Crippen LogP contribution in [0.3, 0.4) is 0 Å². The molecule has 0 aromatic heterocycles. The molecule has 2 atom stereocenters. The van der Waals surface area contributed by atoms with Crippen molar-refractivity contribution in [3.63, 3.8) is 0 Å². The molecule has 0 aliphatic heterocycles. The van der Waals surface area contributed by atoms with Gasteiger partial charge in [0, 0.05) is 11.0 Å². The van der Waals surface area contributed by atoms with Gasteiger partial charge >= 0.3 is 0 Å². The minimum atomic E-state index is 0.144. The standard InChI is InChI=1S/C11H22O2S/c1-10-3-2-4-11(9-10)14-8-7-13-6-5-12/h10-12H,2-9H2,1H3. The molecule has 0 aromatic rings. The Hall–Kier alpha value is 0.270. The lowest BCUT2D eigenvalue weighted by Crippen LogP contribution is -2.16. The maximum Gasteiger partial charge on any atom is 0.0698 e. The van der Waals surface area contributed by atoms with Crippen LogP contribution >= 0.6 is 11.8 Å². The van der Waals surface area contributed by atoms with E-state index in [2.05, 4.69) is 6.92 Å². The van der Waals surface area contributed by atoms with Gasteiger partial charge in [0.25, 0.3) is 0 Å². The predicted molar refractivity (Wildman–Crippen MR) is 61.8 cm³/mol. The Labute approximate surface area is 91.4 Å². The van der Waals surface area contributed by atoms with Crippen LogP contribution in [0.25, 0.3) is 0 Å². The van der Waals surface area contributed by atoms with Crippen LogP contribution in [0, 0.1) is 5.92 Å². The molecule has 2 unspecified atom stereocenters. The SMILES string of the molecule is CC1CCCC(SCCOCCO)C1. The summed E-state index contributed by atoms with van der Waals surface area (Å²) in [5, 5.41) is 9.38. The van der Waals surface area contributed by atoms with Gasteiger partial charge in [-0.1, -0.05) is 19.8 Å². The highest BCUT2D eigenvalue weighted by molar-refractivity contribution is 7.99. The van der Waals surface area contributed by atoms with Crippen molar-refractivity contribution in [3.8, 4) is 0 Å². The number of aliphatic hydroxyl groups excluding tert-OH is 1. The van der Waals surface area contributed by atoms with Crippen molar-refractivity contribution in [1.82, 2.24) is 0 Å². The van der Waals surface area contributed by atoms with E-state index in [0.29, 0.717) is 6.61 Å². The highest BCUT2D eigenvalue weighted by Crippen LogP contribution is 2.31. The highest BCUT2D eigenvalue weighted by Gasteiger charge is 2.18. The van der Waals surface area contributed by atoms with Gasteiger partial charge in [-0.25, -0.2) is 0 Å². The van der Waals surface area contributed by atoms with Crippen molar-refractivity contribution in [1.29, 1.82) is 0 Å². The molecule has 1 fully saturated rings. The van der Waals surface area contributed by atoms with E-state index in [1.165, 1.54) is 25.7 Å². The molecule has 0 spiro atoms. The van der Waals surface area contributed by atoms with Crippen molar-refractivity contribution in [2.45, 2.75) is 37.9 Å². The molecule has 0 heterocycles. The fourth-order valence-electron chi connectivity index (χ4n) is 1.97. The molecule has 0 aromatic carbocycles. The third-order valence-electron chi connectivity index (χ3n) is 2.71. The van der Waals surface area contributed by atoms with Crippen LogP contribution in [0.5, 0.6) is 0 Å². The molecule has 0 saturated heterocycles. The first-order valence-corrected chi connectivity index (χ1v) is 6.68. The van der Waals surface area contributed by atoms with Crippen LogP contribution in [-0.4, -0.2) is 35.9 Å². The van der Waals surface area contributed by atoms with Gasteiger partial charge in [-0.15, -0.1) is 0 Å². The summed E-state index contributed by atoms with van der Waals surface area (Å²) in [6.45, 7) is 3.78. The van der Waals surface area contributed by atoms with E-state index >= 15 is 0 Å². The maximum absolute atomic E-state index is 8.52. The fourth-order valence-corrected chi connectivity index (χ4v) is 3.32. The van der Waals surface area contributed by atoms with Crippen LogP contribution in [0.1, 0.15) is 32.6 Å². The molecule has 1 aliphatic rings. The van der Waals surface area contributed by atoms with E-state index in [1.807, 2.05) is 11.8 Å². The second kappa shape index (κ2) is 7.55. The number of thioether (sulfide) groups is 1. The molecule has 1 aliphatic carbocycles. The Bertz CT molecular complexity index is 141. The van der Waals surface area contributed by atoms with Crippen LogP contribution in [0.2, 0.25) is 0 Å². The minimum Gasteiger partial charge on any atom is -0.394 e. The van der Waals surface area contributed by atoms with Crippen LogP contribution in [0.4, 0.5) is 0 Å². The van der Waals surface area contributed by atoms with Crippen molar-refractivity contribution in [3.05, 3.63) is 0 Å². The van der Waals surface area contributed by atoms with Crippen molar-refractivity contribution < 1.29 is 9.84 Å². The molecule has 14 heavy (non-hydrogen) atoms. The van der Waals surface area contributed by atoms with Crippen molar-refractivity contribution in [2.75, 3.05) is 25.6 Å². The van der Waals surface area contributed by atoms with Gasteiger partial charge in [0.15, 0.2) is 0 Å². The average molecular weight is 218 g/mol. The van der Waals surface area contributed by atoms with E-state index in [4.69, 9.17) is 9.84 Å². The summed E-state index contributed by atoms with van der Waals surface area (Å²) < 4.78 is 5.23. The van der Waals surface area contributed by atoms with Gasteiger partial charge in [0.05, 0.1) is 19.8 Å². The van der Waals surface area contributed by atoms with Gasteiger partial charge in [0.2, 0.25) is 0 Å². The molecular weight excluding hydrogens is 196 g/mol. The Balaban J connectivity index is 1.95. The molecule has 1 saturated carbocycles. The Kier molecular flexibility index (Phi) is 6.65.